The summed E-state index contributed by atoms with van der Waals surface area (Å²) in [5.41, 5.74) is 1.00. The van der Waals surface area contributed by atoms with Gasteiger partial charge in [-0.25, -0.2) is 0 Å². The normalized spacial score (nSPS) is 12.1. The number of aryl methyl sites for hydroxylation is 1. The van der Waals surface area contributed by atoms with Gasteiger partial charge >= 0.3 is 0 Å². The highest BCUT2D eigenvalue weighted by Gasteiger charge is 2.19. The molecule has 7 heteroatoms. The van der Waals surface area contributed by atoms with Crippen molar-refractivity contribution in [3.05, 3.63) is 58.3 Å². The van der Waals surface area contributed by atoms with Crippen molar-refractivity contribution in [1.82, 2.24) is 15.0 Å². The lowest BCUT2D eigenvalue weighted by atomic mass is 10.1. The average Bonchev–Trinajstić information content (AvgIpc) is 3.29. The van der Waals surface area contributed by atoms with Crippen molar-refractivity contribution in [2.75, 3.05) is 7.05 Å². The van der Waals surface area contributed by atoms with Gasteiger partial charge in [-0.05, 0) is 36.1 Å². The zero-order valence-electron chi connectivity index (χ0n) is 14.0. The Morgan fingerprint density at radius 2 is 2.20 bits per heavy atom. The lowest BCUT2D eigenvalue weighted by molar-refractivity contribution is -0.131. The van der Waals surface area contributed by atoms with Crippen molar-refractivity contribution >= 4 is 28.8 Å². The van der Waals surface area contributed by atoms with E-state index in [2.05, 4.69) is 10.1 Å². The van der Waals surface area contributed by atoms with E-state index in [1.807, 2.05) is 48.7 Å². The molecule has 0 N–H and O–H groups in total. The van der Waals surface area contributed by atoms with Gasteiger partial charge in [0.1, 0.15) is 0 Å². The third kappa shape index (κ3) is 4.27. The highest BCUT2D eigenvalue weighted by atomic mass is 35.5. The van der Waals surface area contributed by atoms with Gasteiger partial charge in [0.15, 0.2) is 0 Å². The van der Waals surface area contributed by atoms with E-state index >= 15 is 0 Å². The Bertz CT molecular complexity index is 848. The Hall–Kier alpha value is -2.18. The first-order chi connectivity index (χ1) is 12.0. The molecule has 25 heavy (non-hydrogen) atoms. The van der Waals surface area contributed by atoms with E-state index in [1.54, 1.807) is 23.3 Å². The van der Waals surface area contributed by atoms with Gasteiger partial charge in [0.05, 0.1) is 10.9 Å². The van der Waals surface area contributed by atoms with Crippen LogP contribution in [0.5, 0.6) is 0 Å². The third-order valence-electron chi connectivity index (χ3n) is 4.07. The summed E-state index contributed by atoms with van der Waals surface area (Å²) in [7, 11) is 1.79. The monoisotopic (exact) mass is 375 g/mol. The molecule has 1 atom stereocenters. The van der Waals surface area contributed by atoms with E-state index in [0.717, 1.165) is 10.4 Å². The molecular weight excluding hydrogens is 358 g/mol. The first-order valence-corrected chi connectivity index (χ1v) is 9.18. The molecular formula is C18H18ClN3O2S. The summed E-state index contributed by atoms with van der Waals surface area (Å²) in [4.78, 5) is 19.5. The average molecular weight is 376 g/mol. The lowest BCUT2D eigenvalue weighted by Crippen LogP contribution is -2.29. The fraction of sp³-hybridized carbons (Fsp3) is 0.278. The molecule has 0 bridgehead atoms. The summed E-state index contributed by atoms with van der Waals surface area (Å²) in [6, 6.07) is 11.4. The fourth-order valence-corrected chi connectivity index (χ4v) is 3.31. The second-order valence-corrected chi connectivity index (χ2v) is 7.11. The molecule has 3 aromatic rings. The highest BCUT2D eigenvalue weighted by Crippen LogP contribution is 2.24. The molecule has 2 heterocycles. The fourth-order valence-electron chi connectivity index (χ4n) is 2.46. The number of aromatic nitrogens is 2. The molecule has 1 amide bonds. The summed E-state index contributed by atoms with van der Waals surface area (Å²) in [5, 5.41) is 6.58. The number of nitrogens with zero attached hydrogens (tertiary/aromatic N) is 3. The SMILES string of the molecule is CC(c1cccc(Cl)c1)N(C)C(=O)CCc1nc(-c2cccs2)no1. The van der Waals surface area contributed by atoms with E-state index < -0.39 is 0 Å². The molecule has 3 rings (SSSR count). The molecule has 0 aliphatic heterocycles. The molecule has 0 aliphatic rings. The molecule has 5 nitrogen and oxygen atoms in total. The number of hydrogen-bond acceptors (Lipinski definition) is 5. The van der Waals surface area contributed by atoms with Gasteiger partial charge in [0.25, 0.3) is 0 Å². The maximum Gasteiger partial charge on any atom is 0.227 e. The molecule has 0 radical (unpaired) electrons. The highest BCUT2D eigenvalue weighted by molar-refractivity contribution is 7.13. The molecule has 0 fully saturated rings. The quantitative estimate of drug-likeness (QED) is 0.631. The minimum atomic E-state index is -0.0597. The Morgan fingerprint density at radius 3 is 2.92 bits per heavy atom. The standard InChI is InChI=1S/C18H18ClN3O2S/c1-12(13-5-3-6-14(19)11-13)22(2)17(23)9-8-16-20-18(21-24-16)15-7-4-10-25-15/h3-7,10-12H,8-9H2,1-2H3. The van der Waals surface area contributed by atoms with Gasteiger partial charge in [0, 0.05) is 24.9 Å². The molecule has 0 saturated carbocycles. The third-order valence-corrected chi connectivity index (χ3v) is 5.17. The van der Waals surface area contributed by atoms with Gasteiger partial charge in [-0.1, -0.05) is 35.0 Å². The molecule has 0 spiro atoms. The van der Waals surface area contributed by atoms with Crippen LogP contribution in [0.25, 0.3) is 10.7 Å². The van der Waals surface area contributed by atoms with Crippen molar-refractivity contribution in [2.45, 2.75) is 25.8 Å². The Labute approximate surface area is 155 Å². The van der Waals surface area contributed by atoms with Crippen LogP contribution < -0.4 is 0 Å². The summed E-state index contributed by atoms with van der Waals surface area (Å²) < 4.78 is 5.24. The van der Waals surface area contributed by atoms with Gasteiger partial charge in [-0.3, -0.25) is 4.79 Å². The van der Waals surface area contributed by atoms with Crippen LogP contribution in [0.1, 0.15) is 30.8 Å². The lowest BCUT2D eigenvalue weighted by Gasteiger charge is -2.25. The number of benzene rings is 1. The topological polar surface area (TPSA) is 59.2 Å². The number of thiophene rings is 1. The number of rotatable bonds is 6. The van der Waals surface area contributed by atoms with Crippen molar-refractivity contribution < 1.29 is 9.32 Å². The predicted octanol–water partition coefficient (Wildman–Crippen LogP) is 4.60. The molecule has 1 aromatic carbocycles. The van der Waals surface area contributed by atoms with E-state index in [-0.39, 0.29) is 11.9 Å². The van der Waals surface area contributed by atoms with Crippen molar-refractivity contribution in [2.24, 2.45) is 0 Å². The van der Waals surface area contributed by atoms with Crippen LogP contribution in [-0.2, 0) is 11.2 Å². The van der Waals surface area contributed by atoms with E-state index in [0.29, 0.717) is 29.6 Å². The van der Waals surface area contributed by atoms with Crippen LogP contribution in [0, 0.1) is 0 Å². The van der Waals surface area contributed by atoms with Crippen molar-refractivity contribution in [1.29, 1.82) is 0 Å². The predicted molar refractivity (Wildman–Crippen MR) is 98.6 cm³/mol. The number of amides is 1. The Kier molecular flexibility index (Phi) is 5.50. The molecule has 130 valence electrons. The minimum absolute atomic E-state index is 0.0170. The largest absolute Gasteiger partial charge is 0.339 e. The van der Waals surface area contributed by atoms with Crippen LogP contribution >= 0.6 is 22.9 Å². The van der Waals surface area contributed by atoms with Crippen molar-refractivity contribution in [3.8, 4) is 10.7 Å². The maximum absolute atomic E-state index is 12.5. The second kappa shape index (κ2) is 7.80. The number of halogens is 1. The van der Waals surface area contributed by atoms with Crippen LogP contribution in [0.4, 0.5) is 0 Å². The summed E-state index contributed by atoms with van der Waals surface area (Å²) in [5.74, 6) is 1.06. The zero-order chi connectivity index (χ0) is 17.8. The zero-order valence-corrected chi connectivity index (χ0v) is 15.5. The van der Waals surface area contributed by atoms with E-state index in [1.165, 1.54) is 0 Å². The molecule has 2 aromatic heterocycles. The van der Waals surface area contributed by atoms with Crippen LogP contribution in [0.3, 0.4) is 0 Å². The van der Waals surface area contributed by atoms with Crippen LogP contribution in [0.2, 0.25) is 5.02 Å². The Balaban J connectivity index is 1.58. The number of carbonyl (C=O) groups excluding carboxylic acids is 1. The van der Waals surface area contributed by atoms with E-state index in [4.69, 9.17) is 16.1 Å². The molecule has 0 aliphatic carbocycles. The van der Waals surface area contributed by atoms with Gasteiger partial charge in [-0.15, -0.1) is 11.3 Å². The second-order valence-electron chi connectivity index (χ2n) is 5.72. The van der Waals surface area contributed by atoms with Gasteiger partial charge in [0.2, 0.25) is 17.6 Å². The number of carbonyl (C=O) groups is 1. The summed E-state index contributed by atoms with van der Waals surface area (Å²) in [6.45, 7) is 1.98. The summed E-state index contributed by atoms with van der Waals surface area (Å²) in [6.07, 6.45) is 0.733. The van der Waals surface area contributed by atoms with E-state index in [9.17, 15) is 4.79 Å². The van der Waals surface area contributed by atoms with Gasteiger partial charge in [-0.2, -0.15) is 4.98 Å². The van der Waals surface area contributed by atoms with Crippen LogP contribution in [-0.4, -0.2) is 28.0 Å². The molecule has 0 saturated heterocycles. The maximum atomic E-state index is 12.5. The van der Waals surface area contributed by atoms with Crippen molar-refractivity contribution in [3.63, 3.8) is 0 Å². The first-order valence-electron chi connectivity index (χ1n) is 7.92. The minimum Gasteiger partial charge on any atom is -0.339 e. The van der Waals surface area contributed by atoms with Gasteiger partial charge < -0.3 is 9.42 Å². The smallest absolute Gasteiger partial charge is 0.227 e. The molecule has 1 unspecified atom stereocenters. The summed E-state index contributed by atoms with van der Waals surface area (Å²) >= 11 is 7.58. The van der Waals surface area contributed by atoms with Crippen LogP contribution in [0.15, 0.2) is 46.3 Å². The first kappa shape index (κ1) is 17.6. The number of hydrogen-bond donors (Lipinski definition) is 0. The Morgan fingerprint density at radius 1 is 1.36 bits per heavy atom.